The van der Waals surface area contributed by atoms with E-state index in [1.165, 1.54) is 5.56 Å². The number of benzene rings is 1. The second-order valence-electron chi connectivity index (χ2n) is 4.85. The van der Waals surface area contributed by atoms with Crippen molar-refractivity contribution < 1.29 is 9.53 Å². The lowest BCUT2D eigenvalue weighted by atomic mass is 10.1. The summed E-state index contributed by atoms with van der Waals surface area (Å²) in [6.45, 7) is 2.66. The van der Waals surface area contributed by atoms with E-state index in [1.54, 1.807) is 0 Å². The zero-order chi connectivity index (χ0) is 13.3. The summed E-state index contributed by atoms with van der Waals surface area (Å²) in [7, 11) is 0. The lowest BCUT2D eigenvalue weighted by Gasteiger charge is -2.11. The van der Waals surface area contributed by atoms with Crippen LogP contribution in [0.4, 0.5) is 0 Å². The monoisotopic (exact) mass is 262 g/mol. The van der Waals surface area contributed by atoms with Crippen molar-refractivity contribution in [3.8, 4) is 0 Å². The minimum Gasteiger partial charge on any atom is -0.376 e. The van der Waals surface area contributed by atoms with E-state index in [0.717, 1.165) is 32.4 Å². The van der Waals surface area contributed by atoms with Crippen molar-refractivity contribution in [2.45, 2.75) is 25.4 Å². The van der Waals surface area contributed by atoms with Gasteiger partial charge in [0.15, 0.2) is 0 Å². The molecule has 1 aromatic carbocycles. The normalized spacial score (nSPS) is 18.4. The summed E-state index contributed by atoms with van der Waals surface area (Å²) in [6.07, 6.45) is 3.32. The second-order valence-corrected chi connectivity index (χ2v) is 4.85. The molecule has 1 unspecified atom stereocenters. The summed E-state index contributed by atoms with van der Waals surface area (Å²) in [6, 6.07) is 10.3. The first-order valence-corrected chi connectivity index (χ1v) is 6.97. The molecule has 4 nitrogen and oxygen atoms in total. The second kappa shape index (κ2) is 7.92. The summed E-state index contributed by atoms with van der Waals surface area (Å²) in [5, 5.41) is 6.05. The van der Waals surface area contributed by atoms with Crippen LogP contribution in [0.3, 0.4) is 0 Å². The maximum absolute atomic E-state index is 11.6. The molecule has 1 aromatic rings. The zero-order valence-corrected chi connectivity index (χ0v) is 11.2. The summed E-state index contributed by atoms with van der Waals surface area (Å²) in [5.41, 5.74) is 1.29. The highest BCUT2D eigenvalue weighted by molar-refractivity contribution is 5.77. The molecule has 1 amide bonds. The van der Waals surface area contributed by atoms with Crippen LogP contribution in [0.5, 0.6) is 0 Å². The van der Waals surface area contributed by atoms with Crippen molar-refractivity contribution in [3.63, 3.8) is 0 Å². The van der Waals surface area contributed by atoms with Crippen molar-refractivity contribution >= 4 is 5.91 Å². The van der Waals surface area contributed by atoms with Crippen molar-refractivity contribution in [2.75, 3.05) is 26.2 Å². The summed E-state index contributed by atoms with van der Waals surface area (Å²) < 4.78 is 5.45. The van der Waals surface area contributed by atoms with E-state index in [4.69, 9.17) is 4.74 Å². The third-order valence-electron chi connectivity index (χ3n) is 3.27. The van der Waals surface area contributed by atoms with Crippen molar-refractivity contribution in [1.29, 1.82) is 0 Å². The molecule has 19 heavy (non-hydrogen) atoms. The Hall–Kier alpha value is -1.39. The topological polar surface area (TPSA) is 50.4 Å². The zero-order valence-electron chi connectivity index (χ0n) is 11.2. The molecular formula is C15H22N2O2. The minimum atomic E-state index is 0.0450. The lowest BCUT2D eigenvalue weighted by molar-refractivity contribution is -0.120. The molecule has 1 heterocycles. The molecule has 1 fully saturated rings. The SMILES string of the molecule is O=C(CNCCc1ccccc1)NCC1CCCO1. The van der Waals surface area contributed by atoms with Gasteiger partial charge in [-0.3, -0.25) is 4.79 Å². The lowest BCUT2D eigenvalue weighted by Crippen LogP contribution is -2.38. The van der Waals surface area contributed by atoms with E-state index in [0.29, 0.717) is 13.1 Å². The molecule has 4 heteroatoms. The fraction of sp³-hybridized carbons (Fsp3) is 0.533. The molecule has 0 spiro atoms. The van der Waals surface area contributed by atoms with Gasteiger partial charge in [-0.25, -0.2) is 0 Å². The van der Waals surface area contributed by atoms with Gasteiger partial charge in [0, 0.05) is 13.2 Å². The third kappa shape index (κ3) is 5.41. The van der Waals surface area contributed by atoms with Crippen LogP contribution < -0.4 is 10.6 Å². The van der Waals surface area contributed by atoms with Gasteiger partial charge in [-0.1, -0.05) is 30.3 Å². The van der Waals surface area contributed by atoms with Crippen LogP contribution in [0, 0.1) is 0 Å². The van der Waals surface area contributed by atoms with Crippen LogP contribution >= 0.6 is 0 Å². The highest BCUT2D eigenvalue weighted by Gasteiger charge is 2.15. The minimum absolute atomic E-state index is 0.0450. The Morgan fingerprint density at radius 2 is 2.16 bits per heavy atom. The Balaban J connectivity index is 1.51. The standard InChI is InChI=1S/C15H22N2O2/c18-15(17-11-14-7-4-10-19-14)12-16-9-8-13-5-2-1-3-6-13/h1-3,5-6,14,16H,4,7-12H2,(H,17,18). The highest BCUT2D eigenvalue weighted by Crippen LogP contribution is 2.10. The van der Waals surface area contributed by atoms with Gasteiger partial charge in [0.05, 0.1) is 12.6 Å². The first-order chi connectivity index (χ1) is 9.34. The van der Waals surface area contributed by atoms with Crippen LogP contribution in [0.15, 0.2) is 30.3 Å². The van der Waals surface area contributed by atoms with Crippen molar-refractivity contribution in [2.24, 2.45) is 0 Å². The summed E-state index contributed by atoms with van der Waals surface area (Å²) in [5.74, 6) is 0.0450. The number of amides is 1. The van der Waals surface area contributed by atoms with Gasteiger partial charge in [0.1, 0.15) is 0 Å². The molecule has 1 atom stereocenters. The molecule has 1 aliphatic heterocycles. The van der Waals surface area contributed by atoms with Crippen LogP contribution in [0.25, 0.3) is 0 Å². The van der Waals surface area contributed by atoms with Gasteiger partial charge >= 0.3 is 0 Å². The van der Waals surface area contributed by atoms with Crippen LogP contribution in [-0.2, 0) is 16.0 Å². The van der Waals surface area contributed by atoms with E-state index < -0.39 is 0 Å². The van der Waals surface area contributed by atoms with E-state index in [-0.39, 0.29) is 12.0 Å². The molecule has 2 rings (SSSR count). The van der Waals surface area contributed by atoms with Gasteiger partial charge in [-0.05, 0) is 31.4 Å². The molecule has 104 valence electrons. The first kappa shape index (κ1) is 14.0. The Morgan fingerprint density at radius 1 is 1.32 bits per heavy atom. The van der Waals surface area contributed by atoms with Gasteiger partial charge in [0.25, 0.3) is 0 Å². The van der Waals surface area contributed by atoms with Gasteiger partial charge in [-0.2, -0.15) is 0 Å². The van der Waals surface area contributed by atoms with Crippen LogP contribution in [0.1, 0.15) is 18.4 Å². The quantitative estimate of drug-likeness (QED) is 0.724. The predicted molar refractivity (Wildman–Crippen MR) is 75.0 cm³/mol. The average molecular weight is 262 g/mol. The molecule has 0 aromatic heterocycles. The largest absolute Gasteiger partial charge is 0.376 e. The molecule has 0 bridgehead atoms. The molecule has 2 N–H and O–H groups in total. The number of carbonyl (C=O) groups excluding carboxylic acids is 1. The fourth-order valence-electron chi connectivity index (χ4n) is 2.17. The average Bonchev–Trinajstić information content (AvgIpc) is 2.96. The number of hydrogen-bond donors (Lipinski definition) is 2. The number of rotatable bonds is 7. The van der Waals surface area contributed by atoms with E-state index in [9.17, 15) is 4.79 Å². The smallest absolute Gasteiger partial charge is 0.234 e. The number of carbonyl (C=O) groups is 1. The number of nitrogens with one attached hydrogen (secondary N) is 2. The molecule has 0 radical (unpaired) electrons. The van der Waals surface area contributed by atoms with E-state index >= 15 is 0 Å². The van der Waals surface area contributed by atoms with Crippen LogP contribution in [0.2, 0.25) is 0 Å². The summed E-state index contributed by atoms with van der Waals surface area (Å²) in [4.78, 5) is 11.6. The third-order valence-corrected chi connectivity index (χ3v) is 3.27. The first-order valence-electron chi connectivity index (χ1n) is 6.97. The molecule has 1 saturated heterocycles. The fourth-order valence-corrected chi connectivity index (χ4v) is 2.17. The Morgan fingerprint density at radius 3 is 2.89 bits per heavy atom. The number of hydrogen-bond acceptors (Lipinski definition) is 3. The van der Waals surface area contributed by atoms with Crippen molar-refractivity contribution in [3.05, 3.63) is 35.9 Å². The maximum Gasteiger partial charge on any atom is 0.234 e. The maximum atomic E-state index is 11.6. The summed E-state index contributed by atoms with van der Waals surface area (Å²) >= 11 is 0. The van der Waals surface area contributed by atoms with Gasteiger partial charge in [-0.15, -0.1) is 0 Å². The molecule has 1 aliphatic rings. The Kier molecular flexibility index (Phi) is 5.85. The van der Waals surface area contributed by atoms with Gasteiger partial charge < -0.3 is 15.4 Å². The van der Waals surface area contributed by atoms with Gasteiger partial charge in [0.2, 0.25) is 5.91 Å². The molecular weight excluding hydrogens is 240 g/mol. The Labute approximate surface area is 114 Å². The van der Waals surface area contributed by atoms with E-state index in [1.807, 2.05) is 18.2 Å². The molecule has 0 saturated carbocycles. The predicted octanol–water partition coefficient (Wildman–Crippen LogP) is 1.11. The Bertz CT molecular complexity index is 375. The van der Waals surface area contributed by atoms with Crippen molar-refractivity contribution in [1.82, 2.24) is 10.6 Å². The highest BCUT2D eigenvalue weighted by atomic mass is 16.5. The number of ether oxygens (including phenoxy) is 1. The molecule has 0 aliphatic carbocycles. The van der Waals surface area contributed by atoms with E-state index in [2.05, 4.69) is 22.8 Å². The van der Waals surface area contributed by atoms with Crippen LogP contribution in [-0.4, -0.2) is 38.3 Å².